The molecule has 0 aliphatic carbocycles. The maximum absolute atomic E-state index is 9.43. The van der Waals surface area contributed by atoms with Gasteiger partial charge in [-0.05, 0) is 12.5 Å². The lowest BCUT2D eigenvalue weighted by atomic mass is 10.2. The molecule has 0 amide bonds. The SMILES string of the molecule is C#CCN=C1NC(=NCc2ccccc2)NC(C)(NO)N1C. The lowest BCUT2D eigenvalue weighted by molar-refractivity contribution is -0.0103. The second-order valence-corrected chi connectivity index (χ2v) is 4.99. The van der Waals surface area contributed by atoms with Crippen LogP contribution in [-0.2, 0) is 6.54 Å². The maximum atomic E-state index is 9.43. The highest BCUT2D eigenvalue weighted by Crippen LogP contribution is 2.10. The van der Waals surface area contributed by atoms with Crippen molar-refractivity contribution >= 4 is 11.9 Å². The van der Waals surface area contributed by atoms with Crippen molar-refractivity contribution < 1.29 is 5.21 Å². The molecule has 1 fully saturated rings. The summed E-state index contributed by atoms with van der Waals surface area (Å²) in [5.41, 5.74) is 3.31. The second kappa shape index (κ2) is 6.93. The predicted octanol–water partition coefficient (Wildman–Crippen LogP) is 0.309. The summed E-state index contributed by atoms with van der Waals surface area (Å²) in [7, 11) is 1.77. The highest BCUT2D eigenvalue weighted by molar-refractivity contribution is 6.01. The van der Waals surface area contributed by atoms with Gasteiger partial charge >= 0.3 is 0 Å². The number of hydrogen-bond donors (Lipinski definition) is 4. The monoisotopic (exact) mass is 300 g/mol. The highest BCUT2D eigenvalue weighted by atomic mass is 16.5. The van der Waals surface area contributed by atoms with Gasteiger partial charge in [0.25, 0.3) is 0 Å². The number of nitrogens with one attached hydrogen (secondary N) is 3. The van der Waals surface area contributed by atoms with Gasteiger partial charge in [0.2, 0.25) is 11.9 Å². The lowest BCUT2D eigenvalue weighted by Crippen LogP contribution is -2.75. The predicted molar refractivity (Wildman–Crippen MR) is 86.1 cm³/mol. The summed E-state index contributed by atoms with van der Waals surface area (Å²) >= 11 is 0. The Morgan fingerprint density at radius 1 is 1.36 bits per heavy atom. The largest absolute Gasteiger partial charge is 0.319 e. The van der Waals surface area contributed by atoms with Crippen LogP contribution in [0.25, 0.3) is 0 Å². The first-order chi connectivity index (χ1) is 10.6. The smallest absolute Gasteiger partial charge is 0.204 e. The van der Waals surface area contributed by atoms with Crippen molar-refractivity contribution in [2.45, 2.75) is 19.3 Å². The van der Waals surface area contributed by atoms with E-state index in [1.165, 1.54) is 0 Å². The van der Waals surface area contributed by atoms with Crippen LogP contribution in [0.2, 0.25) is 0 Å². The molecule has 0 radical (unpaired) electrons. The fourth-order valence-corrected chi connectivity index (χ4v) is 1.95. The number of hydroxylamine groups is 1. The third-order valence-electron chi connectivity index (χ3n) is 3.38. The van der Waals surface area contributed by atoms with Gasteiger partial charge in [0.05, 0.1) is 6.54 Å². The van der Waals surface area contributed by atoms with Crippen LogP contribution in [0.5, 0.6) is 0 Å². The first kappa shape index (κ1) is 15.8. The number of aliphatic imine (C=N–C) groups is 2. The van der Waals surface area contributed by atoms with Crippen LogP contribution in [0.3, 0.4) is 0 Å². The number of rotatable bonds is 4. The molecule has 22 heavy (non-hydrogen) atoms. The van der Waals surface area contributed by atoms with Gasteiger partial charge in [0.1, 0.15) is 6.54 Å². The molecule has 1 aromatic carbocycles. The summed E-state index contributed by atoms with van der Waals surface area (Å²) in [5.74, 6) is 2.54. The Hall–Kier alpha value is -2.56. The number of terminal acetylenes is 1. The number of guanidine groups is 2. The highest BCUT2D eigenvalue weighted by Gasteiger charge is 2.36. The molecule has 116 valence electrons. The van der Waals surface area contributed by atoms with Crippen molar-refractivity contribution in [3.05, 3.63) is 35.9 Å². The van der Waals surface area contributed by atoms with E-state index >= 15 is 0 Å². The number of hydrogen-bond acceptors (Lipinski definition) is 4. The zero-order chi connectivity index (χ0) is 16.0. The van der Waals surface area contributed by atoms with Crippen LogP contribution in [0.1, 0.15) is 12.5 Å². The van der Waals surface area contributed by atoms with Gasteiger partial charge in [-0.3, -0.25) is 5.32 Å². The van der Waals surface area contributed by atoms with Crippen LogP contribution in [0, 0.1) is 12.3 Å². The summed E-state index contributed by atoms with van der Waals surface area (Å²) in [4.78, 5) is 10.4. The van der Waals surface area contributed by atoms with E-state index in [-0.39, 0.29) is 6.54 Å². The van der Waals surface area contributed by atoms with E-state index in [4.69, 9.17) is 6.42 Å². The Morgan fingerprint density at radius 2 is 2.09 bits per heavy atom. The minimum atomic E-state index is -0.936. The van der Waals surface area contributed by atoms with Gasteiger partial charge in [-0.25, -0.2) is 9.98 Å². The maximum Gasteiger partial charge on any atom is 0.204 e. The Bertz CT molecular complexity index is 606. The fourth-order valence-electron chi connectivity index (χ4n) is 1.95. The topological polar surface area (TPSA) is 84.3 Å². The van der Waals surface area contributed by atoms with Gasteiger partial charge in [-0.15, -0.1) is 6.42 Å². The molecule has 7 nitrogen and oxygen atoms in total. The van der Waals surface area contributed by atoms with Gasteiger partial charge in [-0.2, -0.15) is 5.48 Å². The molecule has 1 atom stereocenters. The number of benzene rings is 1. The molecule has 1 aliphatic rings. The molecule has 7 heteroatoms. The molecule has 1 aliphatic heterocycles. The average molecular weight is 300 g/mol. The lowest BCUT2D eigenvalue weighted by Gasteiger charge is -2.44. The van der Waals surface area contributed by atoms with Crippen molar-refractivity contribution in [3.8, 4) is 12.3 Å². The second-order valence-electron chi connectivity index (χ2n) is 4.99. The minimum absolute atomic E-state index is 0.236. The molecule has 0 aromatic heterocycles. The van der Waals surface area contributed by atoms with Gasteiger partial charge in [0.15, 0.2) is 5.79 Å². The normalized spacial score (nSPS) is 24.7. The van der Waals surface area contributed by atoms with Crippen LogP contribution >= 0.6 is 0 Å². The van der Waals surface area contributed by atoms with Gasteiger partial charge < -0.3 is 15.4 Å². The van der Waals surface area contributed by atoms with E-state index in [2.05, 4.69) is 32.0 Å². The van der Waals surface area contributed by atoms with E-state index < -0.39 is 5.79 Å². The summed E-state index contributed by atoms with van der Waals surface area (Å²) in [6, 6.07) is 9.88. The number of nitrogens with zero attached hydrogens (tertiary/aromatic N) is 3. The Labute approximate surface area is 130 Å². The first-order valence-electron chi connectivity index (χ1n) is 6.85. The molecule has 1 aromatic rings. The summed E-state index contributed by atoms with van der Waals surface area (Å²) in [6.07, 6.45) is 5.25. The molecule has 0 spiro atoms. The van der Waals surface area contributed by atoms with E-state index in [0.29, 0.717) is 18.5 Å². The third kappa shape index (κ3) is 3.55. The zero-order valence-electron chi connectivity index (χ0n) is 12.7. The molecule has 1 heterocycles. The minimum Gasteiger partial charge on any atom is -0.319 e. The van der Waals surface area contributed by atoms with Crippen molar-refractivity contribution in [1.82, 2.24) is 21.0 Å². The zero-order valence-corrected chi connectivity index (χ0v) is 12.7. The Kier molecular flexibility index (Phi) is 4.99. The van der Waals surface area contributed by atoms with Crippen molar-refractivity contribution in [1.29, 1.82) is 0 Å². The van der Waals surface area contributed by atoms with E-state index in [1.807, 2.05) is 30.3 Å². The molecule has 1 unspecified atom stereocenters. The van der Waals surface area contributed by atoms with Gasteiger partial charge in [0, 0.05) is 7.05 Å². The fraction of sp³-hybridized carbons (Fsp3) is 0.333. The van der Waals surface area contributed by atoms with Gasteiger partial charge in [-0.1, -0.05) is 36.3 Å². The van der Waals surface area contributed by atoms with Crippen LogP contribution < -0.4 is 16.1 Å². The third-order valence-corrected chi connectivity index (χ3v) is 3.38. The van der Waals surface area contributed by atoms with Crippen LogP contribution in [0.15, 0.2) is 40.3 Å². The van der Waals surface area contributed by atoms with Crippen molar-refractivity contribution in [2.24, 2.45) is 9.98 Å². The van der Waals surface area contributed by atoms with Crippen molar-refractivity contribution in [2.75, 3.05) is 13.6 Å². The summed E-state index contributed by atoms with van der Waals surface area (Å²) < 4.78 is 0. The Morgan fingerprint density at radius 3 is 2.73 bits per heavy atom. The molecule has 1 saturated heterocycles. The summed E-state index contributed by atoms with van der Waals surface area (Å²) in [6.45, 7) is 2.50. The molecule has 2 rings (SSSR count). The van der Waals surface area contributed by atoms with Crippen LogP contribution in [-0.4, -0.2) is 41.4 Å². The standard InChI is InChI=1S/C15H20N6O/c1-4-10-16-14-18-13(19-15(2,20-22)21(14)3)17-11-12-8-6-5-7-9-12/h1,5-9,20,22H,10-11H2,2-3H3,(H2,16,17,18,19). The van der Waals surface area contributed by atoms with E-state index in [1.54, 1.807) is 18.9 Å². The van der Waals surface area contributed by atoms with Crippen LogP contribution in [0.4, 0.5) is 0 Å². The van der Waals surface area contributed by atoms with Crippen molar-refractivity contribution in [3.63, 3.8) is 0 Å². The average Bonchev–Trinajstić information content (AvgIpc) is 2.55. The quantitative estimate of drug-likeness (QED) is 0.475. The molecule has 4 N–H and O–H groups in total. The molecule has 0 saturated carbocycles. The van der Waals surface area contributed by atoms with E-state index in [9.17, 15) is 5.21 Å². The molecular formula is C15H20N6O. The summed E-state index contributed by atoms with van der Waals surface area (Å²) in [5, 5.41) is 15.6. The molecular weight excluding hydrogens is 280 g/mol. The van der Waals surface area contributed by atoms with E-state index in [0.717, 1.165) is 5.56 Å². The first-order valence-corrected chi connectivity index (χ1v) is 6.85. The Balaban J connectivity index is 2.19. The molecule has 0 bridgehead atoms.